The molecule has 0 aliphatic carbocycles. The summed E-state index contributed by atoms with van der Waals surface area (Å²) in [5.41, 5.74) is 1.61. The van der Waals surface area contributed by atoms with Crippen molar-refractivity contribution in [2.45, 2.75) is 6.92 Å². The first-order valence-corrected chi connectivity index (χ1v) is 7.48. The monoisotopic (exact) mass is 309 g/mol. The Balaban J connectivity index is 2.03. The number of fused-ring (bicyclic) bond motifs is 3. The van der Waals surface area contributed by atoms with Crippen molar-refractivity contribution in [3.63, 3.8) is 0 Å². The Kier molecular flexibility index (Phi) is 2.98. The largest absolute Gasteiger partial charge is 0.834 e. The van der Waals surface area contributed by atoms with E-state index in [0.29, 0.717) is 22.3 Å². The molecule has 0 fully saturated rings. The van der Waals surface area contributed by atoms with Crippen molar-refractivity contribution >= 4 is 29.2 Å². The van der Waals surface area contributed by atoms with E-state index in [9.17, 15) is 8.63 Å². The molecule has 0 aromatic heterocycles. The predicted octanol–water partition coefficient (Wildman–Crippen LogP) is 4.76. The molecule has 0 N–H and O–H groups in total. The van der Waals surface area contributed by atoms with E-state index in [-0.39, 0.29) is 5.75 Å². The number of hydrogen-bond acceptors (Lipinski definition) is 1. The first-order valence-electron chi connectivity index (χ1n) is 7.48. The molecule has 3 aromatic rings. The summed E-state index contributed by atoms with van der Waals surface area (Å²) in [7, 11) is -4.19. The van der Waals surface area contributed by atoms with Crippen LogP contribution < -0.4 is 4.65 Å². The van der Waals surface area contributed by atoms with Crippen LogP contribution in [0, 0.1) is 0 Å². The van der Waals surface area contributed by atoms with E-state index in [2.05, 4.69) is 0 Å². The molecule has 4 rings (SSSR count). The van der Waals surface area contributed by atoms with Crippen molar-refractivity contribution in [1.29, 1.82) is 0 Å². The van der Waals surface area contributed by atoms with Crippen LogP contribution in [0.2, 0.25) is 0 Å². The van der Waals surface area contributed by atoms with Gasteiger partial charge in [-0.1, -0.05) is 48.5 Å². The quantitative estimate of drug-likeness (QED) is 0.590. The Labute approximate surface area is 132 Å². The Morgan fingerprint density at radius 1 is 0.870 bits per heavy atom. The lowest BCUT2D eigenvalue weighted by Gasteiger charge is -2.31. The molecule has 0 radical (unpaired) electrons. The third kappa shape index (κ3) is 2.12. The lowest BCUT2D eigenvalue weighted by Crippen LogP contribution is -2.49. The zero-order valence-corrected chi connectivity index (χ0v) is 12.5. The van der Waals surface area contributed by atoms with Crippen molar-refractivity contribution in [3.05, 3.63) is 72.3 Å². The summed E-state index contributed by atoms with van der Waals surface area (Å²) in [6.45, 7) is 1.71. The SMILES string of the molecule is CC1=[N+](c2ccccc2)[B-](F)(F)Oc2c1ccc1ccccc21. The van der Waals surface area contributed by atoms with Crippen LogP contribution in [0.15, 0.2) is 66.7 Å². The zero-order chi connectivity index (χ0) is 16.0. The average molecular weight is 309 g/mol. The highest BCUT2D eigenvalue weighted by Crippen LogP contribution is 2.38. The van der Waals surface area contributed by atoms with Gasteiger partial charge in [0, 0.05) is 24.4 Å². The molecule has 0 amide bonds. The third-order valence-corrected chi connectivity index (χ3v) is 4.23. The van der Waals surface area contributed by atoms with Crippen LogP contribution in [0.3, 0.4) is 0 Å². The van der Waals surface area contributed by atoms with Crippen LogP contribution in [0.5, 0.6) is 5.75 Å². The molecule has 114 valence electrons. The highest BCUT2D eigenvalue weighted by molar-refractivity contribution is 6.54. The van der Waals surface area contributed by atoms with E-state index < -0.39 is 7.04 Å². The molecule has 0 unspecified atom stereocenters. The Hall–Kier alpha value is -2.69. The molecule has 1 aliphatic rings. The van der Waals surface area contributed by atoms with E-state index in [0.717, 1.165) is 9.87 Å². The van der Waals surface area contributed by atoms with Gasteiger partial charge >= 0.3 is 7.04 Å². The minimum absolute atomic E-state index is 0.262. The summed E-state index contributed by atoms with van der Waals surface area (Å²) in [5, 5.41) is 1.59. The summed E-state index contributed by atoms with van der Waals surface area (Å²) in [6.07, 6.45) is 0. The van der Waals surface area contributed by atoms with Crippen molar-refractivity contribution in [1.82, 2.24) is 0 Å². The standard InChI is InChI=1S/C18H14BF2NO/c1-13-16-12-11-14-7-5-6-10-17(14)18(16)23-19(20,21)22(13)15-8-3-2-4-9-15/h2-12H,1H3. The zero-order valence-electron chi connectivity index (χ0n) is 12.5. The molecule has 5 heteroatoms. The van der Waals surface area contributed by atoms with Crippen molar-refractivity contribution in [2.24, 2.45) is 0 Å². The maximum absolute atomic E-state index is 14.8. The minimum Gasteiger partial charge on any atom is -0.598 e. The second kappa shape index (κ2) is 4.91. The molecule has 2 nitrogen and oxygen atoms in total. The second-order valence-electron chi connectivity index (χ2n) is 5.63. The van der Waals surface area contributed by atoms with E-state index >= 15 is 0 Å². The molecule has 23 heavy (non-hydrogen) atoms. The van der Waals surface area contributed by atoms with Crippen LogP contribution in [0.25, 0.3) is 10.8 Å². The smallest absolute Gasteiger partial charge is 0.598 e. The molecule has 1 heterocycles. The Morgan fingerprint density at radius 2 is 1.57 bits per heavy atom. The fourth-order valence-corrected chi connectivity index (χ4v) is 3.16. The van der Waals surface area contributed by atoms with Gasteiger partial charge in [-0.15, -0.1) is 0 Å². The fraction of sp³-hybridized carbons (Fsp3) is 0.0556. The van der Waals surface area contributed by atoms with Gasteiger partial charge < -0.3 is 17.8 Å². The molecule has 3 aromatic carbocycles. The van der Waals surface area contributed by atoms with Crippen LogP contribution in [-0.4, -0.2) is 17.2 Å². The summed E-state index contributed by atoms with van der Waals surface area (Å²) in [6, 6.07) is 19.8. The van der Waals surface area contributed by atoms with Gasteiger partial charge in [0.05, 0.1) is 11.3 Å². The number of hydrogen-bond donors (Lipinski definition) is 0. The van der Waals surface area contributed by atoms with Crippen molar-refractivity contribution in [2.75, 3.05) is 0 Å². The Bertz CT molecular complexity index is 938. The lowest BCUT2D eigenvalue weighted by atomic mass is 9.92. The van der Waals surface area contributed by atoms with Gasteiger partial charge in [-0.25, -0.2) is 0 Å². The minimum atomic E-state index is -4.19. The van der Waals surface area contributed by atoms with Crippen LogP contribution >= 0.6 is 0 Å². The number of halogens is 2. The van der Waals surface area contributed by atoms with E-state index in [1.807, 2.05) is 36.4 Å². The maximum Gasteiger partial charge on any atom is 0.834 e. The van der Waals surface area contributed by atoms with Crippen molar-refractivity contribution in [3.8, 4) is 5.75 Å². The van der Waals surface area contributed by atoms with Gasteiger partial charge in [-0.2, -0.15) is 0 Å². The third-order valence-electron chi connectivity index (χ3n) is 4.23. The van der Waals surface area contributed by atoms with Crippen LogP contribution in [0.4, 0.5) is 14.3 Å². The van der Waals surface area contributed by atoms with Crippen LogP contribution in [0.1, 0.15) is 12.5 Å². The van der Waals surface area contributed by atoms with E-state index in [1.165, 1.54) is 0 Å². The van der Waals surface area contributed by atoms with Gasteiger partial charge in [-0.05, 0) is 11.5 Å². The van der Waals surface area contributed by atoms with Gasteiger partial charge in [0.15, 0.2) is 5.69 Å². The summed E-state index contributed by atoms with van der Waals surface area (Å²) >= 11 is 0. The number of nitrogens with zero attached hydrogens (tertiary/aromatic N) is 1. The van der Waals surface area contributed by atoms with E-state index in [1.54, 1.807) is 37.3 Å². The molecule has 1 aliphatic heterocycles. The van der Waals surface area contributed by atoms with Crippen LogP contribution in [-0.2, 0) is 0 Å². The number of para-hydroxylation sites is 1. The molecule has 0 atom stereocenters. The van der Waals surface area contributed by atoms with Gasteiger partial charge in [0.25, 0.3) is 0 Å². The summed E-state index contributed by atoms with van der Waals surface area (Å²) < 4.78 is 35.7. The summed E-state index contributed by atoms with van der Waals surface area (Å²) in [4.78, 5) is 0. The maximum atomic E-state index is 14.8. The van der Waals surface area contributed by atoms with Gasteiger partial charge in [0.1, 0.15) is 5.71 Å². The highest BCUT2D eigenvalue weighted by Gasteiger charge is 2.52. The fourth-order valence-electron chi connectivity index (χ4n) is 3.16. The van der Waals surface area contributed by atoms with E-state index in [4.69, 9.17) is 4.65 Å². The molecule has 0 saturated carbocycles. The lowest BCUT2D eigenvalue weighted by molar-refractivity contribution is -0.349. The second-order valence-corrected chi connectivity index (χ2v) is 5.63. The molecule has 0 spiro atoms. The molecular weight excluding hydrogens is 295 g/mol. The van der Waals surface area contributed by atoms with Crippen molar-refractivity contribution < 1.29 is 17.8 Å². The number of rotatable bonds is 1. The summed E-state index contributed by atoms with van der Waals surface area (Å²) in [5.74, 6) is 0.262. The highest BCUT2D eigenvalue weighted by atomic mass is 19.3. The molecular formula is C18H14BF2NO. The van der Waals surface area contributed by atoms with Gasteiger partial charge in [0.2, 0.25) is 0 Å². The normalized spacial score (nSPS) is 16.1. The Morgan fingerprint density at radius 3 is 2.35 bits per heavy atom. The predicted molar refractivity (Wildman–Crippen MR) is 88.7 cm³/mol. The first-order chi connectivity index (χ1) is 11.1. The first kappa shape index (κ1) is 13.9. The average Bonchev–Trinajstić information content (AvgIpc) is 2.55. The number of benzene rings is 3. The van der Waals surface area contributed by atoms with Gasteiger partial charge in [-0.3, -0.25) is 0 Å². The molecule has 0 bridgehead atoms. The topological polar surface area (TPSA) is 12.2 Å². The molecule has 0 saturated heterocycles.